The summed E-state index contributed by atoms with van der Waals surface area (Å²) in [4.78, 5) is 19.3. The van der Waals surface area contributed by atoms with Gasteiger partial charge < -0.3 is 14.4 Å². The number of thiazole rings is 1. The fraction of sp³-hybridized carbons (Fsp3) is 0.600. The highest BCUT2D eigenvalue weighted by molar-refractivity contribution is 7.20. The predicted octanol–water partition coefficient (Wildman–Crippen LogP) is 4.26. The maximum atomic E-state index is 12.7. The number of hydrogen-bond donors (Lipinski definition) is 0. The van der Waals surface area contributed by atoms with E-state index >= 15 is 0 Å². The standard InChI is InChI=1S/C20H26N2O3S/c1-24-16-7-8-17-18(13-16)26-20(21-17)25-15-9-11-22(12-10-15)19(23)14-5-3-2-4-6-14/h7-8,13-15H,2-6,9-12H2,1H3. The Balaban J connectivity index is 1.33. The van der Waals surface area contributed by atoms with Crippen molar-refractivity contribution in [2.75, 3.05) is 20.2 Å². The zero-order valence-corrected chi connectivity index (χ0v) is 16.1. The first kappa shape index (κ1) is 17.6. The summed E-state index contributed by atoms with van der Waals surface area (Å²) in [6.45, 7) is 1.61. The quantitative estimate of drug-likeness (QED) is 0.803. The smallest absolute Gasteiger partial charge is 0.274 e. The molecule has 6 heteroatoms. The minimum atomic E-state index is 0.146. The lowest BCUT2D eigenvalue weighted by atomic mass is 9.88. The van der Waals surface area contributed by atoms with Gasteiger partial charge >= 0.3 is 0 Å². The minimum absolute atomic E-state index is 0.146. The van der Waals surface area contributed by atoms with Crippen LogP contribution in [0, 0.1) is 5.92 Å². The molecule has 0 atom stereocenters. The first-order valence-electron chi connectivity index (χ1n) is 9.63. The van der Waals surface area contributed by atoms with Crippen LogP contribution in [0.5, 0.6) is 10.9 Å². The van der Waals surface area contributed by atoms with Gasteiger partial charge in [0.05, 0.1) is 17.3 Å². The number of carbonyl (C=O) groups is 1. The topological polar surface area (TPSA) is 51.7 Å². The van der Waals surface area contributed by atoms with Gasteiger partial charge in [-0.25, -0.2) is 4.98 Å². The van der Waals surface area contributed by atoms with E-state index in [1.807, 2.05) is 18.2 Å². The van der Waals surface area contributed by atoms with Crippen LogP contribution in [0.15, 0.2) is 18.2 Å². The molecule has 0 unspecified atom stereocenters. The normalized spacial score (nSPS) is 19.7. The highest BCUT2D eigenvalue weighted by Gasteiger charge is 2.30. The van der Waals surface area contributed by atoms with Crippen LogP contribution in [0.2, 0.25) is 0 Å². The van der Waals surface area contributed by atoms with Crippen LogP contribution < -0.4 is 9.47 Å². The summed E-state index contributed by atoms with van der Waals surface area (Å²) in [5, 5.41) is 0.713. The first-order valence-corrected chi connectivity index (χ1v) is 10.4. The summed E-state index contributed by atoms with van der Waals surface area (Å²) >= 11 is 1.56. The molecule has 1 amide bonds. The van der Waals surface area contributed by atoms with Crippen LogP contribution in [0.4, 0.5) is 0 Å². The van der Waals surface area contributed by atoms with Gasteiger partial charge in [-0.3, -0.25) is 4.79 Å². The highest BCUT2D eigenvalue weighted by Crippen LogP contribution is 2.32. The fourth-order valence-corrected chi connectivity index (χ4v) is 4.92. The lowest BCUT2D eigenvalue weighted by molar-refractivity contribution is -0.138. The zero-order chi connectivity index (χ0) is 17.9. The number of ether oxygens (including phenoxy) is 2. The Labute approximate surface area is 158 Å². The highest BCUT2D eigenvalue weighted by atomic mass is 32.1. The van der Waals surface area contributed by atoms with Crippen molar-refractivity contribution >= 4 is 27.5 Å². The molecule has 140 valence electrons. The molecule has 0 spiro atoms. The molecule has 1 aliphatic heterocycles. The third kappa shape index (κ3) is 3.80. The van der Waals surface area contributed by atoms with Crippen LogP contribution >= 0.6 is 11.3 Å². The molecule has 5 nitrogen and oxygen atoms in total. The number of benzene rings is 1. The van der Waals surface area contributed by atoms with E-state index in [1.54, 1.807) is 18.4 Å². The number of rotatable bonds is 4. The number of carbonyl (C=O) groups excluding carboxylic acids is 1. The molecule has 2 fully saturated rings. The van der Waals surface area contributed by atoms with Crippen LogP contribution in [-0.2, 0) is 4.79 Å². The Kier molecular flexibility index (Phi) is 5.29. The Morgan fingerprint density at radius 3 is 2.65 bits per heavy atom. The molecule has 4 rings (SSSR count). The van der Waals surface area contributed by atoms with Gasteiger partial charge in [0.25, 0.3) is 5.19 Å². The van der Waals surface area contributed by atoms with Crippen molar-refractivity contribution in [2.45, 2.75) is 51.0 Å². The van der Waals surface area contributed by atoms with Gasteiger partial charge in [-0.2, -0.15) is 0 Å². The SMILES string of the molecule is COc1ccc2nc(OC3CCN(C(=O)C4CCCCC4)CC3)sc2c1. The van der Waals surface area contributed by atoms with E-state index in [2.05, 4.69) is 9.88 Å². The number of piperidine rings is 1. The van der Waals surface area contributed by atoms with Crippen molar-refractivity contribution in [2.24, 2.45) is 5.92 Å². The number of amides is 1. The molecule has 26 heavy (non-hydrogen) atoms. The van der Waals surface area contributed by atoms with Gasteiger partial charge in [0, 0.05) is 31.8 Å². The maximum Gasteiger partial charge on any atom is 0.274 e. The molecule has 2 heterocycles. The zero-order valence-electron chi connectivity index (χ0n) is 15.3. The van der Waals surface area contributed by atoms with Crippen molar-refractivity contribution in [3.05, 3.63) is 18.2 Å². The molecule has 2 aromatic rings. The second-order valence-electron chi connectivity index (χ2n) is 7.29. The molecule has 1 aliphatic carbocycles. The van der Waals surface area contributed by atoms with Gasteiger partial charge in [0.2, 0.25) is 5.91 Å². The second kappa shape index (κ2) is 7.82. The molecule has 0 radical (unpaired) electrons. The minimum Gasteiger partial charge on any atom is -0.497 e. The molecule has 0 N–H and O–H groups in total. The summed E-state index contributed by atoms with van der Waals surface area (Å²) in [5.74, 6) is 1.47. The van der Waals surface area contributed by atoms with Crippen molar-refractivity contribution < 1.29 is 14.3 Å². The molecular weight excluding hydrogens is 348 g/mol. The predicted molar refractivity (Wildman–Crippen MR) is 103 cm³/mol. The Hall–Kier alpha value is -1.82. The first-order chi connectivity index (χ1) is 12.7. The third-order valence-corrected chi connectivity index (χ3v) is 6.46. The Morgan fingerprint density at radius 2 is 1.92 bits per heavy atom. The Bertz CT molecular complexity index is 762. The number of aromatic nitrogens is 1. The van der Waals surface area contributed by atoms with Crippen molar-refractivity contribution in [3.63, 3.8) is 0 Å². The van der Waals surface area contributed by atoms with E-state index < -0.39 is 0 Å². The number of fused-ring (bicyclic) bond motifs is 1. The van der Waals surface area contributed by atoms with Gasteiger partial charge in [-0.05, 0) is 31.0 Å². The summed E-state index contributed by atoms with van der Waals surface area (Å²) in [6, 6.07) is 5.87. The number of likely N-dealkylation sites (tertiary alicyclic amines) is 1. The van der Waals surface area contributed by atoms with Crippen LogP contribution in [0.3, 0.4) is 0 Å². The lowest BCUT2D eigenvalue weighted by Gasteiger charge is -2.34. The van der Waals surface area contributed by atoms with Crippen molar-refractivity contribution in [1.82, 2.24) is 9.88 Å². The van der Waals surface area contributed by atoms with Crippen molar-refractivity contribution in [3.8, 4) is 10.9 Å². The van der Waals surface area contributed by atoms with Crippen LogP contribution in [-0.4, -0.2) is 42.1 Å². The van der Waals surface area contributed by atoms with Crippen LogP contribution in [0.25, 0.3) is 10.2 Å². The summed E-state index contributed by atoms with van der Waals surface area (Å²) in [7, 11) is 1.67. The monoisotopic (exact) mass is 374 g/mol. The van der Waals surface area contributed by atoms with E-state index in [0.29, 0.717) is 11.1 Å². The lowest BCUT2D eigenvalue weighted by Crippen LogP contribution is -2.44. The summed E-state index contributed by atoms with van der Waals surface area (Å²) in [6.07, 6.45) is 7.77. The molecule has 1 saturated carbocycles. The van der Waals surface area contributed by atoms with E-state index in [9.17, 15) is 4.79 Å². The average Bonchev–Trinajstić information content (AvgIpc) is 3.10. The van der Waals surface area contributed by atoms with Gasteiger partial charge in [-0.15, -0.1) is 0 Å². The fourth-order valence-electron chi connectivity index (χ4n) is 4.01. The van der Waals surface area contributed by atoms with E-state index in [0.717, 1.165) is 54.7 Å². The van der Waals surface area contributed by atoms with E-state index in [1.165, 1.54) is 19.3 Å². The van der Waals surface area contributed by atoms with E-state index in [4.69, 9.17) is 9.47 Å². The molecule has 0 bridgehead atoms. The third-order valence-electron chi connectivity index (χ3n) is 5.55. The molecule has 1 aromatic carbocycles. The van der Waals surface area contributed by atoms with Crippen molar-refractivity contribution in [1.29, 1.82) is 0 Å². The number of methoxy groups -OCH3 is 1. The number of hydrogen-bond acceptors (Lipinski definition) is 5. The molecule has 1 saturated heterocycles. The van der Waals surface area contributed by atoms with Gasteiger partial charge in [0.15, 0.2) is 0 Å². The summed E-state index contributed by atoms with van der Waals surface area (Å²) < 4.78 is 12.5. The number of nitrogens with zero attached hydrogens (tertiary/aromatic N) is 2. The van der Waals surface area contributed by atoms with E-state index in [-0.39, 0.29) is 12.0 Å². The average molecular weight is 375 g/mol. The summed E-state index contributed by atoms with van der Waals surface area (Å²) in [5.41, 5.74) is 0.940. The largest absolute Gasteiger partial charge is 0.497 e. The second-order valence-corrected chi connectivity index (χ2v) is 8.28. The maximum absolute atomic E-state index is 12.7. The van der Waals surface area contributed by atoms with Gasteiger partial charge in [-0.1, -0.05) is 30.6 Å². The molecular formula is C20H26N2O3S. The Morgan fingerprint density at radius 1 is 1.15 bits per heavy atom. The molecule has 2 aliphatic rings. The van der Waals surface area contributed by atoms with Gasteiger partial charge in [0.1, 0.15) is 11.9 Å². The molecule has 1 aromatic heterocycles. The van der Waals surface area contributed by atoms with Crippen LogP contribution in [0.1, 0.15) is 44.9 Å².